The first-order valence-corrected chi connectivity index (χ1v) is 9.26. The van der Waals surface area contributed by atoms with Crippen LogP contribution in [0.4, 0.5) is 17.3 Å². The van der Waals surface area contributed by atoms with E-state index in [0.717, 1.165) is 33.4 Å². The van der Waals surface area contributed by atoms with Gasteiger partial charge in [-0.05, 0) is 72.2 Å². The maximum Gasteiger partial charge on any atom is 0.220 e. The van der Waals surface area contributed by atoms with E-state index in [-0.39, 0.29) is 5.95 Å². The van der Waals surface area contributed by atoms with Crippen LogP contribution in [0.1, 0.15) is 5.56 Å². The lowest BCUT2D eigenvalue weighted by molar-refractivity contribution is 1.24. The largest absolute Gasteiger partial charge is 0.368 e. The number of thiocarbonyl (C=S) groups is 1. The van der Waals surface area contributed by atoms with Gasteiger partial charge in [-0.25, -0.2) is 9.97 Å². The van der Waals surface area contributed by atoms with Gasteiger partial charge < -0.3 is 16.4 Å². The van der Waals surface area contributed by atoms with Crippen molar-refractivity contribution < 1.29 is 0 Å². The Morgan fingerprint density at radius 1 is 0.929 bits per heavy atom. The Labute approximate surface area is 168 Å². The topological polar surface area (TPSA) is 75.9 Å². The molecule has 28 heavy (non-hydrogen) atoms. The molecule has 0 fully saturated rings. The number of hydrogen-bond donors (Lipinski definition) is 3. The number of nitrogens with one attached hydrogen (secondary N) is 2. The van der Waals surface area contributed by atoms with Crippen molar-refractivity contribution in [1.29, 1.82) is 0 Å². The molecule has 6 heteroatoms. The van der Waals surface area contributed by atoms with E-state index >= 15 is 0 Å². The molecule has 0 bridgehead atoms. The first kappa shape index (κ1) is 17.9. The van der Waals surface area contributed by atoms with E-state index in [9.17, 15) is 0 Å². The zero-order chi connectivity index (χ0) is 19.5. The van der Waals surface area contributed by atoms with Gasteiger partial charge >= 0.3 is 0 Å². The predicted molar refractivity (Wildman–Crippen MR) is 120 cm³/mol. The maximum atomic E-state index is 5.67. The third-order valence-corrected chi connectivity index (χ3v) is 4.64. The molecule has 138 valence electrons. The average Bonchev–Trinajstić information content (AvgIpc) is 2.70. The molecule has 0 radical (unpaired) electrons. The summed E-state index contributed by atoms with van der Waals surface area (Å²) < 4.78 is 0. The van der Waals surface area contributed by atoms with Crippen molar-refractivity contribution in [3.8, 4) is 11.1 Å². The van der Waals surface area contributed by atoms with E-state index in [4.69, 9.17) is 18.0 Å². The number of fused-ring (bicyclic) bond motifs is 1. The van der Waals surface area contributed by atoms with Crippen LogP contribution in [0.3, 0.4) is 0 Å². The SMILES string of the molecule is Cc1ccc(NC(=S)Nc2ccccc2)cc1-c1ccc2nc(N)ncc2c1. The summed E-state index contributed by atoms with van der Waals surface area (Å²) in [6, 6.07) is 22.1. The summed E-state index contributed by atoms with van der Waals surface area (Å²) in [5.41, 5.74) is 11.7. The fourth-order valence-electron chi connectivity index (χ4n) is 3.04. The lowest BCUT2D eigenvalue weighted by atomic mass is 9.98. The fourth-order valence-corrected chi connectivity index (χ4v) is 3.28. The highest BCUT2D eigenvalue weighted by Crippen LogP contribution is 2.29. The van der Waals surface area contributed by atoms with Crippen LogP contribution >= 0.6 is 12.2 Å². The van der Waals surface area contributed by atoms with E-state index in [1.54, 1.807) is 6.20 Å². The number of aryl methyl sites for hydroxylation is 1. The van der Waals surface area contributed by atoms with Crippen LogP contribution < -0.4 is 16.4 Å². The van der Waals surface area contributed by atoms with Crippen LogP contribution in [0.2, 0.25) is 0 Å². The number of nitrogen functional groups attached to an aromatic ring is 1. The van der Waals surface area contributed by atoms with Gasteiger partial charge in [-0.15, -0.1) is 0 Å². The number of benzene rings is 3. The average molecular weight is 385 g/mol. The molecule has 0 aliphatic carbocycles. The summed E-state index contributed by atoms with van der Waals surface area (Å²) in [5.74, 6) is 0.280. The molecular weight excluding hydrogens is 366 g/mol. The molecule has 0 saturated carbocycles. The maximum absolute atomic E-state index is 5.67. The first-order valence-electron chi connectivity index (χ1n) is 8.85. The summed E-state index contributed by atoms with van der Waals surface area (Å²) in [6.45, 7) is 2.09. The molecule has 0 atom stereocenters. The zero-order valence-corrected chi connectivity index (χ0v) is 16.1. The van der Waals surface area contributed by atoms with Gasteiger partial charge in [0.2, 0.25) is 5.95 Å². The number of anilines is 3. The molecule has 4 N–H and O–H groups in total. The number of rotatable bonds is 3. The Morgan fingerprint density at radius 3 is 2.54 bits per heavy atom. The first-order chi connectivity index (χ1) is 13.6. The number of para-hydroxylation sites is 1. The van der Waals surface area contributed by atoms with E-state index in [2.05, 4.69) is 45.7 Å². The molecule has 5 nitrogen and oxygen atoms in total. The molecule has 0 spiro atoms. The van der Waals surface area contributed by atoms with Gasteiger partial charge in [0.1, 0.15) is 0 Å². The quantitative estimate of drug-likeness (QED) is 0.431. The van der Waals surface area contributed by atoms with Crippen molar-refractivity contribution in [1.82, 2.24) is 9.97 Å². The molecule has 4 rings (SSSR count). The van der Waals surface area contributed by atoms with Crippen molar-refractivity contribution in [2.75, 3.05) is 16.4 Å². The second-order valence-electron chi connectivity index (χ2n) is 6.48. The minimum atomic E-state index is 0.280. The lowest BCUT2D eigenvalue weighted by Gasteiger charge is -2.13. The van der Waals surface area contributed by atoms with Crippen LogP contribution in [0.25, 0.3) is 22.0 Å². The molecule has 0 aliphatic heterocycles. The Morgan fingerprint density at radius 2 is 1.71 bits per heavy atom. The standard InChI is InChI=1S/C22H19N5S/c1-14-7-9-18(26-22(28)25-17-5-3-2-4-6-17)12-19(14)15-8-10-20-16(11-15)13-24-21(23)27-20/h2-13H,1H3,(H2,23,24,27)(H2,25,26,28). The second-order valence-corrected chi connectivity index (χ2v) is 6.88. The third kappa shape index (κ3) is 3.92. The third-order valence-electron chi connectivity index (χ3n) is 4.44. The smallest absolute Gasteiger partial charge is 0.220 e. The van der Waals surface area contributed by atoms with Crippen molar-refractivity contribution in [2.24, 2.45) is 0 Å². The summed E-state index contributed by atoms with van der Waals surface area (Å²) in [4.78, 5) is 8.35. The van der Waals surface area contributed by atoms with Crippen LogP contribution in [-0.4, -0.2) is 15.1 Å². The van der Waals surface area contributed by atoms with Crippen molar-refractivity contribution >= 4 is 45.6 Å². The van der Waals surface area contributed by atoms with Gasteiger partial charge in [-0.3, -0.25) is 0 Å². The molecule has 0 amide bonds. The van der Waals surface area contributed by atoms with Gasteiger partial charge in [-0.1, -0.05) is 30.3 Å². The Balaban J connectivity index is 1.60. The van der Waals surface area contributed by atoms with Crippen molar-refractivity contribution in [2.45, 2.75) is 6.92 Å². The molecule has 4 aromatic rings. The highest BCUT2D eigenvalue weighted by atomic mass is 32.1. The Bertz CT molecular complexity index is 1160. The van der Waals surface area contributed by atoms with Gasteiger partial charge in [0.25, 0.3) is 0 Å². The van der Waals surface area contributed by atoms with Gasteiger partial charge in [-0.2, -0.15) is 0 Å². The highest BCUT2D eigenvalue weighted by Gasteiger charge is 2.07. The zero-order valence-electron chi connectivity index (χ0n) is 15.3. The number of nitrogens with two attached hydrogens (primary N) is 1. The van der Waals surface area contributed by atoms with Crippen LogP contribution in [0.5, 0.6) is 0 Å². The van der Waals surface area contributed by atoms with Crippen molar-refractivity contribution in [3.63, 3.8) is 0 Å². The second kappa shape index (κ2) is 7.62. The lowest BCUT2D eigenvalue weighted by Crippen LogP contribution is -2.19. The minimum absolute atomic E-state index is 0.280. The van der Waals surface area contributed by atoms with Gasteiger partial charge in [0.05, 0.1) is 5.52 Å². The molecule has 3 aromatic carbocycles. The van der Waals surface area contributed by atoms with Gasteiger partial charge in [0.15, 0.2) is 5.11 Å². The summed E-state index contributed by atoms with van der Waals surface area (Å²) in [5, 5.41) is 7.93. The number of hydrogen-bond acceptors (Lipinski definition) is 4. The van der Waals surface area contributed by atoms with Gasteiger partial charge in [0, 0.05) is 23.0 Å². The summed E-state index contributed by atoms with van der Waals surface area (Å²) in [6.07, 6.45) is 1.75. The number of nitrogens with zero attached hydrogens (tertiary/aromatic N) is 2. The van der Waals surface area contributed by atoms with E-state index in [0.29, 0.717) is 5.11 Å². The van der Waals surface area contributed by atoms with E-state index in [1.165, 1.54) is 5.56 Å². The molecule has 0 unspecified atom stereocenters. The number of aromatic nitrogens is 2. The molecule has 1 aromatic heterocycles. The van der Waals surface area contributed by atoms with Crippen LogP contribution in [0.15, 0.2) is 72.9 Å². The Hall–Kier alpha value is -3.51. The monoisotopic (exact) mass is 385 g/mol. The predicted octanol–water partition coefficient (Wildman–Crippen LogP) is 5.00. The van der Waals surface area contributed by atoms with Crippen molar-refractivity contribution in [3.05, 3.63) is 78.5 Å². The van der Waals surface area contributed by atoms with E-state index < -0.39 is 0 Å². The summed E-state index contributed by atoms with van der Waals surface area (Å²) >= 11 is 5.44. The Kier molecular flexibility index (Phi) is 4.87. The van der Waals surface area contributed by atoms with Crippen LogP contribution in [-0.2, 0) is 0 Å². The molecule has 0 aliphatic rings. The normalized spacial score (nSPS) is 10.6. The van der Waals surface area contributed by atoms with Crippen LogP contribution in [0, 0.1) is 6.92 Å². The fraction of sp³-hybridized carbons (Fsp3) is 0.0455. The molecule has 1 heterocycles. The minimum Gasteiger partial charge on any atom is -0.368 e. The molecular formula is C22H19N5S. The summed E-state index contributed by atoms with van der Waals surface area (Å²) in [7, 11) is 0. The van der Waals surface area contributed by atoms with E-state index in [1.807, 2.05) is 48.5 Å². The molecule has 0 saturated heterocycles. The highest BCUT2D eigenvalue weighted by molar-refractivity contribution is 7.80.